The van der Waals surface area contributed by atoms with E-state index in [-0.39, 0.29) is 13.1 Å². The number of hydrogen-bond acceptors (Lipinski definition) is 4. The Morgan fingerprint density at radius 2 is 1.60 bits per heavy atom. The smallest absolute Gasteiger partial charge is 0.232 e. The normalized spacial score (nSPS) is 12.7. The van der Waals surface area contributed by atoms with Crippen molar-refractivity contribution in [3.63, 3.8) is 0 Å². The number of anilines is 1. The number of benzene rings is 3. The second kappa shape index (κ2) is 7.82. The Morgan fingerprint density at radius 1 is 1.00 bits per heavy atom. The fraction of sp³-hybridized carbons (Fsp3) is 0.174. The molecular weight excluding hydrogens is 398 g/mol. The van der Waals surface area contributed by atoms with Gasteiger partial charge in [0.1, 0.15) is 0 Å². The van der Waals surface area contributed by atoms with Crippen molar-refractivity contribution in [1.29, 1.82) is 5.26 Å². The monoisotopic (exact) mass is 419 g/mol. The van der Waals surface area contributed by atoms with Crippen LogP contribution >= 0.6 is 0 Å². The lowest BCUT2D eigenvalue weighted by Gasteiger charge is -2.26. The predicted molar refractivity (Wildman–Crippen MR) is 119 cm³/mol. The van der Waals surface area contributed by atoms with E-state index in [9.17, 15) is 13.5 Å². The average Bonchev–Trinajstić information content (AvgIpc) is 3.05. The van der Waals surface area contributed by atoms with Crippen LogP contribution in [0.25, 0.3) is 21.8 Å². The summed E-state index contributed by atoms with van der Waals surface area (Å²) in [7, 11) is -3.65. The summed E-state index contributed by atoms with van der Waals surface area (Å²) < 4.78 is 28.0. The van der Waals surface area contributed by atoms with Gasteiger partial charge in [0.2, 0.25) is 10.0 Å². The van der Waals surface area contributed by atoms with E-state index >= 15 is 0 Å². The minimum absolute atomic E-state index is 0.117. The molecule has 0 amide bonds. The van der Waals surface area contributed by atoms with Crippen molar-refractivity contribution in [1.82, 2.24) is 4.57 Å². The molecule has 7 heteroatoms. The fourth-order valence-electron chi connectivity index (χ4n) is 3.82. The van der Waals surface area contributed by atoms with Gasteiger partial charge in [-0.15, -0.1) is 0 Å². The Morgan fingerprint density at radius 3 is 2.17 bits per heavy atom. The summed E-state index contributed by atoms with van der Waals surface area (Å²) in [5.41, 5.74) is 2.68. The van der Waals surface area contributed by atoms with Gasteiger partial charge in [-0.2, -0.15) is 5.26 Å². The van der Waals surface area contributed by atoms with E-state index in [1.807, 2.05) is 59.2 Å². The second-order valence-corrected chi connectivity index (χ2v) is 9.16. The largest absolute Gasteiger partial charge is 0.389 e. The first kappa shape index (κ1) is 20.0. The molecule has 1 aromatic heterocycles. The lowest BCUT2D eigenvalue weighted by atomic mass is 10.2. The number of fused-ring (bicyclic) bond motifs is 3. The molecule has 0 spiro atoms. The van der Waals surface area contributed by atoms with Crippen LogP contribution in [0.5, 0.6) is 0 Å². The van der Waals surface area contributed by atoms with E-state index in [1.54, 1.807) is 18.2 Å². The molecule has 0 bridgehead atoms. The van der Waals surface area contributed by atoms with Crippen molar-refractivity contribution in [2.45, 2.75) is 12.6 Å². The highest BCUT2D eigenvalue weighted by Gasteiger charge is 2.22. The Balaban J connectivity index is 1.69. The molecule has 0 aliphatic heterocycles. The molecule has 152 valence electrons. The number of nitrogens with zero attached hydrogens (tertiary/aromatic N) is 3. The molecule has 0 saturated heterocycles. The third kappa shape index (κ3) is 3.75. The van der Waals surface area contributed by atoms with Crippen LogP contribution in [0.2, 0.25) is 0 Å². The first-order valence-corrected chi connectivity index (χ1v) is 11.4. The quantitative estimate of drug-likeness (QED) is 0.518. The summed E-state index contributed by atoms with van der Waals surface area (Å²) in [5, 5.41) is 22.2. The lowest BCUT2D eigenvalue weighted by molar-refractivity contribution is 0.166. The highest BCUT2D eigenvalue weighted by molar-refractivity contribution is 7.92. The van der Waals surface area contributed by atoms with Crippen LogP contribution < -0.4 is 4.31 Å². The van der Waals surface area contributed by atoms with Crippen molar-refractivity contribution in [2.75, 3.05) is 17.1 Å². The SMILES string of the molecule is CS(=O)(=O)N(CC(O)Cn1c2ccccc2c2ccccc21)c1cccc(C#N)c1. The van der Waals surface area contributed by atoms with Gasteiger partial charge < -0.3 is 9.67 Å². The van der Waals surface area contributed by atoms with Crippen molar-refractivity contribution >= 4 is 37.5 Å². The van der Waals surface area contributed by atoms with Crippen molar-refractivity contribution in [3.05, 3.63) is 78.4 Å². The average molecular weight is 420 g/mol. The van der Waals surface area contributed by atoms with E-state index in [4.69, 9.17) is 5.26 Å². The Hall–Kier alpha value is -3.34. The van der Waals surface area contributed by atoms with Crippen LogP contribution in [0, 0.1) is 11.3 Å². The van der Waals surface area contributed by atoms with Gasteiger partial charge in [-0.1, -0.05) is 42.5 Å². The number of aromatic nitrogens is 1. The van der Waals surface area contributed by atoms with Gasteiger partial charge in [0.05, 0.1) is 42.8 Å². The van der Waals surface area contributed by atoms with Gasteiger partial charge in [-0.3, -0.25) is 4.31 Å². The molecule has 3 aromatic carbocycles. The van der Waals surface area contributed by atoms with Crippen molar-refractivity contribution in [3.8, 4) is 6.07 Å². The summed E-state index contributed by atoms with van der Waals surface area (Å²) in [6.07, 6.45) is 0.142. The molecule has 1 unspecified atom stereocenters. The number of nitriles is 1. The molecule has 1 atom stereocenters. The van der Waals surface area contributed by atoms with Crippen molar-refractivity contribution < 1.29 is 13.5 Å². The molecule has 4 aromatic rings. The van der Waals surface area contributed by atoms with Gasteiger partial charge in [0.15, 0.2) is 0 Å². The summed E-state index contributed by atoms with van der Waals surface area (Å²) in [6.45, 7) is 0.118. The Labute approximate surface area is 175 Å². The number of hydrogen-bond donors (Lipinski definition) is 1. The second-order valence-electron chi connectivity index (χ2n) is 7.25. The summed E-state index contributed by atoms with van der Waals surface area (Å²) in [6, 6.07) is 24.3. The third-order valence-electron chi connectivity index (χ3n) is 5.11. The molecule has 4 rings (SSSR count). The maximum absolute atomic E-state index is 12.4. The van der Waals surface area contributed by atoms with Crippen LogP contribution in [-0.2, 0) is 16.6 Å². The molecule has 1 heterocycles. The first-order chi connectivity index (χ1) is 14.4. The minimum Gasteiger partial charge on any atom is -0.389 e. The summed E-state index contributed by atoms with van der Waals surface area (Å²) in [4.78, 5) is 0. The molecule has 30 heavy (non-hydrogen) atoms. The Kier molecular flexibility index (Phi) is 5.20. The zero-order valence-electron chi connectivity index (χ0n) is 16.4. The highest BCUT2D eigenvalue weighted by Crippen LogP contribution is 2.29. The van der Waals surface area contributed by atoms with Gasteiger partial charge in [0.25, 0.3) is 0 Å². The van der Waals surface area contributed by atoms with Gasteiger partial charge in [-0.05, 0) is 30.3 Å². The number of para-hydroxylation sites is 2. The van der Waals surface area contributed by atoms with Crippen LogP contribution in [0.1, 0.15) is 5.56 Å². The van der Waals surface area contributed by atoms with Crippen molar-refractivity contribution in [2.24, 2.45) is 0 Å². The van der Waals surface area contributed by atoms with E-state index in [0.29, 0.717) is 11.3 Å². The van der Waals surface area contributed by atoms with Gasteiger partial charge in [-0.25, -0.2) is 8.42 Å². The summed E-state index contributed by atoms with van der Waals surface area (Å²) in [5.74, 6) is 0. The number of aliphatic hydroxyl groups excluding tert-OH is 1. The van der Waals surface area contributed by atoms with Crippen LogP contribution in [0.3, 0.4) is 0 Å². The number of rotatable bonds is 6. The molecule has 6 nitrogen and oxygen atoms in total. The highest BCUT2D eigenvalue weighted by atomic mass is 32.2. The first-order valence-electron chi connectivity index (χ1n) is 9.50. The zero-order valence-corrected chi connectivity index (χ0v) is 17.2. The van der Waals surface area contributed by atoms with E-state index in [2.05, 4.69) is 0 Å². The van der Waals surface area contributed by atoms with Gasteiger partial charge in [0, 0.05) is 21.8 Å². The fourth-order valence-corrected chi connectivity index (χ4v) is 4.76. The third-order valence-corrected chi connectivity index (χ3v) is 6.27. The molecule has 0 radical (unpaired) electrons. The molecule has 1 N–H and O–H groups in total. The molecule has 0 saturated carbocycles. The van der Waals surface area contributed by atoms with E-state index in [1.165, 1.54) is 6.07 Å². The maximum atomic E-state index is 12.4. The van der Waals surface area contributed by atoms with Gasteiger partial charge >= 0.3 is 0 Å². The molecule has 0 aliphatic carbocycles. The topological polar surface area (TPSA) is 86.3 Å². The molecular formula is C23H21N3O3S. The number of sulfonamides is 1. The standard InChI is InChI=1S/C23H21N3O3S/c1-30(28,29)26(18-8-6-7-17(13-18)14-24)16-19(27)15-25-22-11-4-2-9-20(22)21-10-3-5-12-23(21)25/h2-13,19,27H,15-16H2,1H3. The predicted octanol–water partition coefficient (Wildman–Crippen LogP) is 3.49. The zero-order chi connectivity index (χ0) is 21.3. The van der Waals surface area contributed by atoms with Crippen LogP contribution in [0.15, 0.2) is 72.8 Å². The number of aliphatic hydroxyl groups is 1. The lowest BCUT2D eigenvalue weighted by Crippen LogP contribution is -2.38. The van der Waals surface area contributed by atoms with E-state index in [0.717, 1.165) is 32.4 Å². The van der Waals surface area contributed by atoms with E-state index < -0.39 is 16.1 Å². The minimum atomic E-state index is -3.65. The van der Waals surface area contributed by atoms with Crippen LogP contribution in [0.4, 0.5) is 5.69 Å². The molecule has 0 aliphatic rings. The maximum Gasteiger partial charge on any atom is 0.232 e. The summed E-state index contributed by atoms with van der Waals surface area (Å²) >= 11 is 0. The molecule has 0 fully saturated rings. The van der Waals surface area contributed by atoms with Crippen LogP contribution in [-0.4, -0.2) is 37.0 Å². The Bertz CT molecular complexity index is 1320.